The molecule has 0 fully saturated rings. The van der Waals surface area contributed by atoms with Gasteiger partial charge in [-0.15, -0.1) is 0 Å². The van der Waals surface area contributed by atoms with Crippen molar-refractivity contribution in [1.82, 2.24) is 4.57 Å². The summed E-state index contributed by atoms with van der Waals surface area (Å²) in [4.78, 5) is 14.1. The number of esters is 1. The monoisotopic (exact) mass is 447 g/mol. The number of ether oxygens (including phenoxy) is 2. The molecule has 158 valence electrons. The van der Waals surface area contributed by atoms with Crippen molar-refractivity contribution in [2.24, 2.45) is 0 Å². The van der Waals surface area contributed by atoms with Gasteiger partial charge in [-0.3, -0.25) is 4.79 Å². The Morgan fingerprint density at radius 2 is 2.03 bits per heavy atom. The molecule has 1 aromatic heterocycles. The second kappa shape index (κ2) is 8.61. The van der Waals surface area contributed by atoms with Crippen LogP contribution in [0.4, 0.5) is 4.39 Å². The molecule has 7 heteroatoms. The van der Waals surface area contributed by atoms with E-state index in [4.69, 9.17) is 21.1 Å². The van der Waals surface area contributed by atoms with E-state index in [9.17, 15) is 9.18 Å². The van der Waals surface area contributed by atoms with E-state index < -0.39 is 0 Å². The maximum absolute atomic E-state index is 14.5. The Hall–Kier alpha value is -2.02. The molecule has 1 aliphatic rings. The maximum Gasteiger partial charge on any atom is 0.306 e. The van der Waals surface area contributed by atoms with Crippen molar-refractivity contribution in [1.29, 1.82) is 0 Å². The van der Waals surface area contributed by atoms with E-state index in [1.54, 1.807) is 31.0 Å². The smallest absolute Gasteiger partial charge is 0.306 e. The van der Waals surface area contributed by atoms with Crippen molar-refractivity contribution in [3.05, 3.63) is 58.5 Å². The summed E-state index contributed by atoms with van der Waals surface area (Å²) < 4.78 is 27.2. The van der Waals surface area contributed by atoms with Crippen LogP contribution in [0.15, 0.2) is 46.2 Å². The molecule has 2 atom stereocenters. The standard InChI is InChI=1S/C23H23ClFNO3S/c1-13(28-2)18-11-16(25)12-19-21(18)23(30-17-6-4-15(24)5-7-17)22-14(8-9-26(19)22)10-20(27)29-3/h4-7,11-14H,8-10H2,1-3H3. The van der Waals surface area contributed by atoms with Crippen molar-refractivity contribution >= 4 is 40.2 Å². The molecule has 2 unspecified atom stereocenters. The van der Waals surface area contributed by atoms with Gasteiger partial charge in [0.05, 0.1) is 25.2 Å². The first-order chi connectivity index (χ1) is 14.4. The maximum atomic E-state index is 14.5. The minimum atomic E-state index is -0.291. The lowest BCUT2D eigenvalue weighted by molar-refractivity contribution is -0.141. The van der Waals surface area contributed by atoms with Crippen LogP contribution in [0.3, 0.4) is 0 Å². The first-order valence-corrected chi connectivity index (χ1v) is 11.0. The third-order valence-electron chi connectivity index (χ3n) is 5.71. The third kappa shape index (κ3) is 3.84. The second-order valence-corrected chi connectivity index (χ2v) is 8.98. The van der Waals surface area contributed by atoms with Crippen LogP contribution in [0.2, 0.25) is 5.02 Å². The summed E-state index contributed by atoms with van der Waals surface area (Å²) in [6.07, 6.45) is 0.855. The highest BCUT2D eigenvalue weighted by Gasteiger charge is 2.33. The van der Waals surface area contributed by atoms with Gasteiger partial charge in [0.15, 0.2) is 0 Å². The van der Waals surface area contributed by atoms with Gasteiger partial charge in [0.1, 0.15) is 5.82 Å². The van der Waals surface area contributed by atoms with E-state index in [0.717, 1.165) is 44.9 Å². The lowest BCUT2D eigenvalue weighted by Gasteiger charge is -2.15. The molecule has 30 heavy (non-hydrogen) atoms. The number of nitrogens with zero attached hydrogens (tertiary/aromatic N) is 1. The van der Waals surface area contributed by atoms with Crippen LogP contribution in [0.1, 0.15) is 43.0 Å². The summed E-state index contributed by atoms with van der Waals surface area (Å²) in [5, 5.41) is 1.65. The summed E-state index contributed by atoms with van der Waals surface area (Å²) >= 11 is 7.67. The van der Waals surface area contributed by atoms with Crippen molar-refractivity contribution < 1.29 is 18.7 Å². The number of methoxy groups -OCH3 is 2. The van der Waals surface area contributed by atoms with Crippen molar-refractivity contribution in [2.45, 2.75) is 48.1 Å². The predicted molar refractivity (Wildman–Crippen MR) is 117 cm³/mol. The molecule has 2 heterocycles. The zero-order chi connectivity index (χ0) is 21.4. The molecular formula is C23H23ClFNO3S. The van der Waals surface area contributed by atoms with Gasteiger partial charge in [0.2, 0.25) is 0 Å². The lowest BCUT2D eigenvalue weighted by atomic mass is 9.98. The minimum Gasteiger partial charge on any atom is -0.469 e. The lowest BCUT2D eigenvalue weighted by Crippen LogP contribution is -2.07. The molecule has 0 N–H and O–H groups in total. The summed E-state index contributed by atoms with van der Waals surface area (Å²) in [5.74, 6) is -0.507. The van der Waals surface area contributed by atoms with Gasteiger partial charge in [0.25, 0.3) is 0 Å². The van der Waals surface area contributed by atoms with E-state index >= 15 is 0 Å². The normalized spacial score (nSPS) is 16.6. The molecule has 0 amide bonds. The molecule has 1 aliphatic heterocycles. The molecule has 2 aromatic carbocycles. The number of rotatable bonds is 6. The van der Waals surface area contributed by atoms with E-state index in [1.807, 2.05) is 31.2 Å². The van der Waals surface area contributed by atoms with Crippen LogP contribution < -0.4 is 0 Å². The van der Waals surface area contributed by atoms with Gasteiger partial charge in [0, 0.05) is 45.5 Å². The van der Waals surface area contributed by atoms with Crippen LogP contribution in [-0.2, 0) is 20.8 Å². The second-order valence-electron chi connectivity index (χ2n) is 7.45. The zero-order valence-electron chi connectivity index (χ0n) is 17.1. The number of benzene rings is 2. The summed E-state index contributed by atoms with van der Waals surface area (Å²) in [6.45, 7) is 2.65. The van der Waals surface area contributed by atoms with E-state index in [0.29, 0.717) is 11.4 Å². The highest BCUT2D eigenvalue weighted by molar-refractivity contribution is 7.99. The molecule has 4 rings (SSSR count). The average molecular weight is 448 g/mol. The largest absolute Gasteiger partial charge is 0.469 e. The minimum absolute atomic E-state index is 0.0217. The van der Waals surface area contributed by atoms with Crippen LogP contribution in [-0.4, -0.2) is 24.8 Å². The van der Waals surface area contributed by atoms with Gasteiger partial charge in [-0.2, -0.15) is 0 Å². The van der Waals surface area contributed by atoms with Crippen molar-refractivity contribution in [3.63, 3.8) is 0 Å². The topological polar surface area (TPSA) is 40.5 Å². The van der Waals surface area contributed by atoms with Gasteiger partial charge in [-0.25, -0.2) is 4.39 Å². The number of carbonyl (C=O) groups is 1. The van der Waals surface area contributed by atoms with Crippen LogP contribution in [0.25, 0.3) is 10.9 Å². The summed E-state index contributed by atoms with van der Waals surface area (Å²) in [5.41, 5.74) is 2.71. The molecule has 3 aromatic rings. The molecule has 0 bridgehead atoms. The number of carbonyl (C=O) groups excluding carboxylic acids is 1. The van der Waals surface area contributed by atoms with Crippen LogP contribution in [0.5, 0.6) is 0 Å². The molecule has 0 saturated heterocycles. The van der Waals surface area contributed by atoms with Gasteiger partial charge in [-0.1, -0.05) is 23.4 Å². The van der Waals surface area contributed by atoms with E-state index in [-0.39, 0.29) is 23.8 Å². The third-order valence-corrected chi connectivity index (χ3v) is 7.09. The fraction of sp³-hybridized carbons (Fsp3) is 0.348. The van der Waals surface area contributed by atoms with Gasteiger partial charge in [-0.05, 0) is 55.3 Å². The molecule has 0 spiro atoms. The highest BCUT2D eigenvalue weighted by atomic mass is 35.5. The Morgan fingerprint density at radius 3 is 2.70 bits per heavy atom. The molecular weight excluding hydrogens is 425 g/mol. The molecule has 0 aliphatic carbocycles. The fourth-order valence-electron chi connectivity index (χ4n) is 4.18. The highest BCUT2D eigenvalue weighted by Crippen LogP contribution is 2.49. The van der Waals surface area contributed by atoms with Gasteiger partial charge >= 0.3 is 5.97 Å². The fourth-order valence-corrected chi connectivity index (χ4v) is 5.52. The van der Waals surface area contributed by atoms with Crippen molar-refractivity contribution in [3.8, 4) is 0 Å². The predicted octanol–water partition coefficient (Wildman–Crippen LogP) is 6.34. The summed E-state index contributed by atoms with van der Waals surface area (Å²) in [6, 6.07) is 10.8. The number of aryl methyl sites for hydroxylation is 1. The summed E-state index contributed by atoms with van der Waals surface area (Å²) in [7, 11) is 3.03. The first-order valence-electron chi connectivity index (χ1n) is 9.81. The van der Waals surface area contributed by atoms with Crippen LogP contribution >= 0.6 is 23.4 Å². The number of hydrogen-bond acceptors (Lipinski definition) is 4. The van der Waals surface area contributed by atoms with Crippen LogP contribution in [0, 0.1) is 5.82 Å². The Labute approximate surface area is 184 Å². The Bertz CT molecular complexity index is 1100. The Balaban J connectivity index is 1.94. The Kier molecular flexibility index (Phi) is 6.09. The zero-order valence-corrected chi connectivity index (χ0v) is 18.6. The number of aromatic nitrogens is 1. The Morgan fingerprint density at radius 1 is 1.30 bits per heavy atom. The number of halogens is 2. The molecule has 0 radical (unpaired) electrons. The van der Waals surface area contributed by atoms with E-state index in [2.05, 4.69) is 4.57 Å². The molecule has 4 nitrogen and oxygen atoms in total. The van der Waals surface area contributed by atoms with Gasteiger partial charge < -0.3 is 14.0 Å². The molecule has 0 saturated carbocycles. The number of fused-ring (bicyclic) bond motifs is 3. The first kappa shape index (κ1) is 21.2. The average Bonchev–Trinajstić information content (AvgIpc) is 3.28. The van der Waals surface area contributed by atoms with Crippen molar-refractivity contribution in [2.75, 3.05) is 14.2 Å². The number of hydrogen-bond donors (Lipinski definition) is 0. The quantitative estimate of drug-likeness (QED) is 0.413. The SMILES string of the molecule is COC(=O)CC1CCn2c1c(Sc1ccc(Cl)cc1)c1c(C(C)OC)cc(F)cc12. The van der Waals surface area contributed by atoms with E-state index in [1.165, 1.54) is 7.11 Å².